The second kappa shape index (κ2) is 4.40. The average Bonchev–Trinajstić information content (AvgIpc) is 2.65. The highest BCUT2D eigenvalue weighted by Gasteiger charge is 2.65. The van der Waals surface area contributed by atoms with Crippen molar-refractivity contribution in [2.75, 3.05) is 0 Å². The first-order valence-electron chi connectivity index (χ1n) is 6.34. The van der Waals surface area contributed by atoms with Crippen molar-refractivity contribution in [3.8, 4) is 0 Å². The molecular weight excluding hydrogens is 246 g/mol. The number of rotatable bonds is 4. The fraction of sp³-hybridized carbons (Fsp3) is 0.571. The third-order valence-corrected chi connectivity index (χ3v) is 3.92. The van der Waals surface area contributed by atoms with Gasteiger partial charge in [0.1, 0.15) is 11.5 Å². The molecule has 19 heavy (non-hydrogen) atoms. The monoisotopic (exact) mass is 265 g/mol. The highest BCUT2D eigenvalue weighted by molar-refractivity contribution is 5.91. The summed E-state index contributed by atoms with van der Waals surface area (Å²) in [5, 5.41) is 11.9. The molecule has 0 aromatic carbocycles. The molecule has 0 spiro atoms. The fourth-order valence-electron chi connectivity index (χ4n) is 2.65. The van der Waals surface area contributed by atoms with Crippen LogP contribution in [0.4, 0.5) is 0 Å². The Bertz CT molecular complexity index is 517. The van der Waals surface area contributed by atoms with Gasteiger partial charge >= 0.3 is 5.97 Å². The topological polar surface area (TPSA) is 79.5 Å². The fourth-order valence-corrected chi connectivity index (χ4v) is 2.65. The Morgan fingerprint density at radius 1 is 1.37 bits per heavy atom. The quantitative estimate of drug-likeness (QED) is 0.874. The van der Waals surface area contributed by atoms with Crippen LogP contribution in [0.15, 0.2) is 16.5 Å². The number of furan rings is 1. The Morgan fingerprint density at radius 3 is 2.42 bits per heavy atom. The molecule has 0 radical (unpaired) electrons. The summed E-state index contributed by atoms with van der Waals surface area (Å²) in [6.07, 6.45) is 0. The molecule has 1 fully saturated rings. The summed E-state index contributed by atoms with van der Waals surface area (Å²) in [6, 6.07) is 3.39. The van der Waals surface area contributed by atoms with Crippen LogP contribution in [0.3, 0.4) is 0 Å². The highest BCUT2D eigenvalue weighted by atomic mass is 16.4. The molecule has 0 bridgehead atoms. The molecule has 2 N–H and O–H groups in total. The van der Waals surface area contributed by atoms with Crippen molar-refractivity contribution in [2.24, 2.45) is 17.3 Å². The van der Waals surface area contributed by atoms with E-state index in [1.165, 1.54) is 0 Å². The lowest BCUT2D eigenvalue weighted by Crippen LogP contribution is -2.29. The molecule has 2 rings (SSSR count). The molecular formula is C14H19NO4. The van der Waals surface area contributed by atoms with Gasteiger partial charge in [0, 0.05) is 0 Å². The minimum Gasteiger partial charge on any atom is -0.481 e. The Morgan fingerprint density at radius 2 is 2.00 bits per heavy atom. The number of amides is 1. The van der Waals surface area contributed by atoms with Gasteiger partial charge in [0.2, 0.25) is 5.91 Å². The predicted octanol–water partition coefficient (Wildman–Crippen LogP) is 2.12. The average molecular weight is 265 g/mol. The van der Waals surface area contributed by atoms with Gasteiger partial charge in [-0.25, -0.2) is 0 Å². The molecule has 1 aliphatic carbocycles. The number of aryl methyl sites for hydroxylation is 1. The lowest BCUT2D eigenvalue weighted by atomic mass is 10.1. The van der Waals surface area contributed by atoms with E-state index in [9.17, 15) is 9.59 Å². The summed E-state index contributed by atoms with van der Waals surface area (Å²) in [6.45, 7) is 7.26. The van der Waals surface area contributed by atoms with E-state index in [-0.39, 0.29) is 11.9 Å². The number of hydrogen-bond acceptors (Lipinski definition) is 3. The van der Waals surface area contributed by atoms with E-state index >= 15 is 0 Å². The second-order valence-electron chi connectivity index (χ2n) is 5.79. The number of carboxylic acid groups (broad SMARTS) is 1. The molecule has 0 aliphatic heterocycles. The maximum Gasteiger partial charge on any atom is 0.307 e. The molecule has 104 valence electrons. The first-order valence-corrected chi connectivity index (χ1v) is 6.34. The summed E-state index contributed by atoms with van der Waals surface area (Å²) < 4.78 is 5.44. The first kappa shape index (κ1) is 13.6. The summed E-state index contributed by atoms with van der Waals surface area (Å²) in [5.74, 6) is -0.741. The van der Waals surface area contributed by atoms with Crippen molar-refractivity contribution in [3.63, 3.8) is 0 Å². The van der Waals surface area contributed by atoms with Crippen LogP contribution >= 0.6 is 0 Å². The van der Waals surface area contributed by atoms with Gasteiger partial charge in [-0.2, -0.15) is 0 Å². The van der Waals surface area contributed by atoms with Crippen LogP contribution < -0.4 is 5.32 Å². The number of carbonyl (C=O) groups is 2. The SMILES string of the molecule is Cc1ccc(C(C)NC(=O)C2C(C(=O)O)C2(C)C)o1. The first-order chi connectivity index (χ1) is 8.75. The van der Waals surface area contributed by atoms with Gasteiger partial charge in [-0.15, -0.1) is 0 Å². The zero-order valence-electron chi connectivity index (χ0n) is 11.6. The Labute approximate surface area is 112 Å². The Kier molecular flexibility index (Phi) is 3.16. The zero-order chi connectivity index (χ0) is 14.4. The predicted molar refractivity (Wildman–Crippen MR) is 68.4 cm³/mol. The van der Waals surface area contributed by atoms with Crippen LogP contribution in [0.25, 0.3) is 0 Å². The number of aliphatic carboxylic acids is 1. The number of carbonyl (C=O) groups excluding carboxylic acids is 1. The normalized spacial score (nSPS) is 25.7. The van der Waals surface area contributed by atoms with Crippen LogP contribution in [0, 0.1) is 24.2 Å². The molecule has 1 aromatic heterocycles. The third-order valence-electron chi connectivity index (χ3n) is 3.92. The maximum atomic E-state index is 12.1. The van der Waals surface area contributed by atoms with Gasteiger partial charge in [0.15, 0.2) is 0 Å². The van der Waals surface area contributed by atoms with E-state index in [0.717, 1.165) is 5.76 Å². The minimum atomic E-state index is -0.911. The molecule has 1 aromatic rings. The van der Waals surface area contributed by atoms with Crippen molar-refractivity contribution in [2.45, 2.75) is 33.7 Å². The number of hydrogen-bond donors (Lipinski definition) is 2. The van der Waals surface area contributed by atoms with Gasteiger partial charge in [0.05, 0.1) is 17.9 Å². The standard InChI is InChI=1S/C14H19NO4/c1-7-5-6-9(19-7)8(2)15-12(16)10-11(13(17)18)14(10,3)4/h5-6,8,10-11H,1-4H3,(H,15,16)(H,17,18). The van der Waals surface area contributed by atoms with E-state index in [2.05, 4.69) is 5.32 Å². The van der Waals surface area contributed by atoms with Gasteiger partial charge < -0.3 is 14.8 Å². The molecule has 3 atom stereocenters. The van der Waals surface area contributed by atoms with Gasteiger partial charge in [-0.1, -0.05) is 13.8 Å². The van der Waals surface area contributed by atoms with E-state index in [1.807, 2.05) is 26.0 Å². The summed E-state index contributed by atoms with van der Waals surface area (Å²) in [7, 11) is 0. The molecule has 5 nitrogen and oxygen atoms in total. The van der Waals surface area contributed by atoms with Gasteiger partial charge in [0.25, 0.3) is 0 Å². The number of nitrogens with one attached hydrogen (secondary N) is 1. The van der Waals surface area contributed by atoms with Crippen molar-refractivity contribution >= 4 is 11.9 Å². The smallest absolute Gasteiger partial charge is 0.307 e. The number of carboxylic acids is 1. The lowest BCUT2D eigenvalue weighted by molar-refractivity contribution is -0.140. The van der Waals surface area contributed by atoms with Crippen LogP contribution in [-0.4, -0.2) is 17.0 Å². The largest absolute Gasteiger partial charge is 0.481 e. The lowest BCUT2D eigenvalue weighted by Gasteiger charge is -2.12. The molecule has 1 amide bonds. The van der Waals surface area contributed by atoms with Crippen molar-refractivity contribution in [1.82, 2.24) is 5.32 Å². The maximum absolute atomic E-state index is 12.1. The van der Waals surface area contributed by atoms with Crippen LogP contribution in [0.1, 0.15) is 38.3 Å². The van der Waals surface area contributed by atoms with E-state index in [1.54, 1.807) is 13.8 Å². The Balaban J connectivity index is 2.01. The molecule has 5 heteroatoms. The van der Waals surface area contributed by atoms with Crippen molar-refractivity contribution < 1.29 is 19.1 Å². The van der Waals surface area contributed by atoms with Crippen LogP contribution in [-0.2, 0) is 9.59 Å². The van der Waals surface area contributed by atoms with Gasteiger partial charge in [-0.05, 0) is 31.4 Å². The van der Waals surface area contributed by atoms with E-state index < -0.39 is 23.2 Å². The molecule has 3 unspecified atom stereocenters. The third kappa shape index (κ3) is 2.37. The van der Waals surface area contributed by atoms with Crippen molar-refractivity contribution in [3.05, 3.63) is 23.7 Å². The summed E-state index contributed by atoms with van der Waals surface area (Å²) >= 11 is 0. The van der Waals surface area contributed by atoms with Crippen molar-refractivity contribution in [1.29, 1.82) is 0 Å². The van der Waals surface area contributed by atoms with E-state index in [0.29, 0.717) is 5.76 Å². The van der Waals surface area contributed by atoms with Crippen LogP contribution in [0.5, 0.6) is 0 Å². The molecule has 1 aliphatic rings. The van der Waals surface area contributed by atoms with Gasteiger partial charge in [-0.3, -0.25) is 9.59 Å². The Hall–Kier alpha value is -1.78. The second-order valence-corrected chi connectivity index (χ2v) is 5.79. The molecule has 0 saturated heterocycles. The van der Waals surface area contributed by atoms with Crippen LogP contribution in [0.2, 0.25) is 0 Å². The summed E-state index contributed by atoms with van der Waals surface area (Å²) in [5.41, 5.74) is -0.477. The van der Waals surface area contributed by atoms with E-state index in [4.69, 9.17) is 9.52 Å². The molecule has 1 heterocycles. The highest BCUT2D eigenvalue weighted by Crippen LogP contribution is 2.58. The zero-order valence-corrected chi connectivity index (χ0v) is 11.6. The molecule has 1 saturated carbocycles. The summed E-state index contributed by atoms with van der Waals surface area (Å²) in [4.78, 5) is 23.2. The minimum absolute atomic E-state index is 0.223.